The highest BCUT2D eigenvalue weighted by molar-refractivity contribution is 8.00. The quantitative estimate of drug-likeness (QED) is 0.520. The van der Waals surface area contributed by atoms with Crippen molar-refractivity contribution in [3.63, 3.8) is 0 Å². The van der Waals surface area contributed by atoms with Gasteiger partial charge in [0, 0.05) is 17.8 Å². The van der Waals surface area contributed by atoms with Crippen LogP contribution in [0.4, 0.5) is 5.69 Å². The van der Waals surface area contributed by atoms with Crippen LogP contribution >= 0.6 is 11.8 Å². The maximum atomic E-state index is 12.6. The van der Waals surface area contributed by atoms with Crippen molar-refractivity contribution >= 4 is 29.3 Å². The molecule has 0 bridgehead atoms. The van der Waals surface area contributed by atoms with Crippen molar-refractivity contribution in [1.29, 1.82) is 0 Å². The van der Waals surface area contributed by atoms with Gasteiger partial charge >= 0.3 is 0 Å². The van der Waals surface area contributed by atoms with Gasteiger partial charge in [0.1, 0.15) is 11.1 Å². The number of carbonyl (C=O) groups excluding carboxylic acids is 2. The number of hydrogen-bond donors (Lipinski definition) is 1. The fourth-order valence-corrected chi connectivity index (χ4v) is 4.89. The smallest absolute Gasteiger partial charge is 0.255 e. The molecule has 1 N–H and O–H groups in total. The minimum atomic E-state index is -0.170. The molecule has 1 aliphatic heterocycles. The standard InChI is InChI=1S/C26H26N2O3S/c1-2-31-23-14-12-22(13-15-23)27-25(30)20-8-10-21(11-9-20)26-28(24(29)18-32-26)17-16-19-6-4-3-5-7-19/h3-15,26H,2,16-18H2,1H3,(H,27,30). The van der Waals surface area contributed by atoms with Crippen molar-refractivity contribution < 1.29 is 14.3 Å². The lowest BCUT2D eigenvalue weighted by Crippen LogP contribution is -2.30. The van der Waals surface area contributed by atoms with Crippen LogP contribution < -0.4 is 10.1 Å². The molecule has 1 saturated heterocycles. The van der Waals surface area contributed by atoms with Crippen LogP contribution in [0.3, 0.4) is 0 Å². The lowest BCUT2D eigenvalue weighted by molar-refractivity contribution is -0.128. The fourth-order valence-electron chi connectivity index (χ4n) is 3.67. The predicted octanol–water partition coefficient (Wildman–Crippen LogP) is 5.15. The van der Waals surface area contributed by atoms with Crippen LogP contribution in [0.25, 0.3) is 0 Å². The molecule has 6 heteroatoms. The molecule has 1 fully saturated rings. The first-order valence-corrected chi connectivity index (χ1v) is 11.8. The zero-order chi connectivity index (χ0) is 22.3. The van der Waals surface area contributed by atoms with Crippen LogP contribution in [0.5, 0.6) is 5.75 Å². The van der Waals surface area contributed by atoms with Crippen LogP contribution in [0, 0.1) is 0 Å². The van der Waals surface area contributed by atoms with Crippen molar-refractivity contribution in [2.45, 2.75) is 18.7 Å². The first-order valence-electron chi connectivity index (χ1n) is 10.7. The summed E-state index contributed by atoms with van der Waals surface area (Å²) < 4.78 is 5.43. The monoisotopic (exact) mass is 446 g/mol. The normalized spacial score (nSPS) is 15.6. The Labute approximate surface area is 192 Å². The fraction of sp³-hybridized carbons (Fsp3) is 0.231. The van der Waals surface area contributed by atoms with Gasteiger partial charge in [-0.05, 0) is 60.9 Å². The lowest BCUT2D eigenvalue weighted by atomic mass is 10.1. The van der Waals surface area contributed by atoms with Gasteiger partial charge in [-0.3, -0.25) is 9.59 Å². The number of nitrogens with zero attached hydrogens (tertiary/aromatic N) is 1. The van der Waals surface area contributed by atoms with E-state index in [2.05, 4.69) is 17.4 Å². The molecule has 0 aromatic heterocycles. The molecule has 3 aromatic carbocycles. The molecule has 5 nitrogen and oxygen atoms in total. The van der Waals surface area contributed by atoms with Crippen LogP contribution in [0.2, 0.25) is 0 Å². The molecule has 2 amide bonds. The number of ether oxygens (including phenoxy) is 1. The highest BCUT2D eigenvalue weighted by Gasteiger charge is 2.32. The van der Waals surface area contributed by atoms with E-state index in [9.17, 15) is 9.59 Å². The number of nitrogens with one attached hydrogen (secondary N) is 1. The molecule has 1 atom stereocenters. The van der Waals surface area contributed by atoms with Gasteiger partial charge in [0.25, 0.3) is 5.91 Å². The van der Waals surface area contributed by atoms with Crippen LogP contribution in [-0.2, 0) is 11.2 Å². The van der Waals surface area contributed by atoms with E-state index in [1.165, 1.54) is 5.56 Å². The summed E-state index contributed by atoms with van der Waals surface area (Å²) in [5.74, 6) is 1.25. The second kappa shape index (κ2) is 10.4. The third-order valence-electron chi connectivity index (χ3n) is 5.33. The Morgan fingerprint density at radius 3 is 2.44 bits per heavy atom. The minimum absolute atomic E-state index is 0.0190. The number of carbonyl (C=O) groups is 2. The third kappa shape index (κ3) is 5.32. The summed E-state index contributed by atoms with van der Waals surface area (Å²) in [6.07, 6.45) is 0.826. The van der Waals surface area contributed by atoms with E-state index >= 15 is 0 Å². The van der Waals surface area contributed by atoms with Gasteiger partial charge in [-0.25, -0.2) is 0 Å². The van der Waals surface area contributed by atoms with E-state index in [-0.39, 0.29) is 17.2 Å². The Bertz CT molecular complexity index is 1050. The molecule has 1 aliphatic rings. The average molecular weight is 447 g/mol. The molecular weight excluding hydrogens is 420 g/mol. The van der Waals surface area contributed by atoms with Crippen molar-refractivity contribution in [2.75, 3.05) is 24.2 Å². The van der Waals surface area contributed by atoms with Crippen LogP contribution in [-0.4, -0.2) is 35.6 Å². The number of benzene rings is 3. The second-order valence-electron chi connectivity index (χ2n) is 7.52. The highest BCUT2D eigenvalue weighted by Crippen LogP contribution is 2.38. The van der Waals surface area contributed by atoms with E-state index in [4.69, 9.17) is 4.74 Å². The Balaban J connectivity index is 1.39. The Morgan fingerprint density at radius 1 is 1.03 bits per heavy atom. The summed E-state index contributed by atoms with van der Waals surface area (Å²) in [5.41, 5.74) is 3.54. The zero-order valence-corrected chi connectivity index (χ0v) is 18.8. The molecule has 0 spiro atoms. The molecular formula is C26H26N2O3S. The minimum Gasteiger partial charge on any atom is -0.494 e. The highest BCUT2D eigenvalue weighted by atomic mass is 32.2. The molecule has 1 unspecified atom stereocenters. The summed E-state index contributed by atoms with van der Waals surface area (Å²) in [7, 11) is 0. The third-order valence-corrected chi connectivity index (χ3v) is 6.59. The number of amides is 2. The molecule has 1 heterocycles. The van der Waals surface area contributed by atoms with E-state index in [1.54, 1.807) is 11.8 Å². The zero-order valence-electron chi connectivity index (χ0n) is 18.0. The molecule has 164 valence electrons. The predicted molar refractivity (Wildman–Crippen MR) is 129 cm³/mol. The number of rotatable bonds is 8. The largest absolute Gasteiger partial charge is 0.494 e. The van der Waals surface area contributed by atoms with Crippen LogP contribution in [0.15, 0.2) is 78.9 Å². The van der Waals surface area contributed by atoms with E-state index in [0.717, 1.165) is 17.7 Å². The maximum absolute atomic E-state index is 12.6. The van der Waals surface area contributed by atoms with Gasteiger partial charge in [-0.1, -0.05) is 42.5 Å². The van der Waals surface area contributed by atoms with Gasteiger partial charge in [-0.2, -0.15) is 0 Å². The SMILES string of the molecule is CCOc1ccc(NC(=O)c2ccc(C3SCC(=O)N3CCc3ccccc3)cc2)cc1. The molecule has 4 rings (SSSR count). The van der Waals surface area contributed by atoms with Crippen molar-refractivity contribution in [3.05, 3.63) is 95.6 Å². The number of thioether (sulfide) groups is 1. The number of anilines is 1. The first-order chi connectivity index (χ1) is 15.6. The maximum Gasteiger partial charge on any atom is 0.255 e. The molecule has 0 radical (unpaired) electrons. The molecule has 32 heavy (non-hydrogen) atoms. The Hall–Kier alpha value is -3.25. The van der Waals surface area contributed by atoms with E-state index in [1.807, 2.05) is 78.6 Å². The Morgan fingerprint density at radius 2 is 1.75 bits per heavy atom. The number of hydrogen-bond acceptors (Lipinski definition) is 4. The summed E-state index contributed by atoms with van der Waals surface area (Å²) >= 11 is 1.63. The van der Waals surface area contributed by atoms with Crippen LogP contribution in [0.1, 0.15) is 33.8 Å². The van der Waals surface area contributed by atoms with E-state index in [0.29, 0.717) is 30.2 Å². The van der Waals surface area contributed by atoms with Crippen molar-refractivity contribution in [3.8, 4) is 5.75 Å². The molecule has 0 aliphatic carbocycles. The van der Waals surface area contributed by atoms with E-state index < -0.39 is 0 Å². The molecule has 0 saturated carbocycles. The van der Waals surface area contributed by atoms with Gasteiger partial charge in [0.2, 0.25) is 5.91 Å². The van der Waals surface area contributed by atoms with Gasteiger partial charge < -0.3 is 15.0 Å². The average Bonchev–Trinajstić information content (AvgIpc) is 3.20. The van der Waals surface area contributed by atoms with Gasteiger partial charge in [0.15, 0.2) is 0 Å². The summed E-state index contributed by atoms with van der Waals surface area (Å²) in [6.45, 7) is 3.22. The molecule has 3 aromatic rings. The summed E-state index contributed by atoms with van der Waals surface area (Å²) in [4.78, 5) is 27.0. The van der Waals surface area contributed by atoms with Crippen molar-refractivity contribution in [2.24, 2.45) is 0 Å². The summed E-state index contributed by atoms with van der Waals surface area (Å²) in [6, 6.07) is 25.0. The lowest BCUT2D eigenvalue weighted by Gasteiger charge is -2.24. The van der Waals surface area contributed by atoms with Gasteiger partial charge in [-0.15, -0.1) is 11.8 Å². The summed E-state index contributed by atoms with van der Waals surface area (Å²) in [5, 5.41) is 2.89. The second-order valence-corrected chi connectivity index (χ2v) is 8.59. The Kier molecular flexibility index (Phi) is 7.12. The van der Waals surface area contributed by atoms with Crippen molar-refractivity contribution in [1.82, 2.24) is 4.90 Å². The van der Waals surface area contributed by atoms with Gasteiger partial charge in [0.05, 0.1) is 12.4 Å². The topological polar surface area (TPSA) is 58.6 Å². The first kappa shape index (κ1) is 22.0.